The molecule has 4 rings (SSSR count). The fourth-order valence-corrected chi connectivity index (χ4v) is 4.79. The molecule has 3 heterocycles. The van der Waals surface area contributed by atoms with Gasteiger partial charge in [0.05, 0.1) is 21.9 Å². The highest BCUT2D eigenvalue weighted by atomic mass is 32.1. The van der Waals surface area contributed by atoms with Gasteiger partial charge in [-0.05, 0) is 37.8 Å². The number of para-hydroxylation sites is 1. The maximum Gasteiger partial charge on any atom is 0.186 e. The lowest BCUT2D eigenvalue weighted by Gasteiger charge is -2.48. The van der Waals surface area contributed by atoms with Crippen molar-refractivity contribution in [3.63, 3.8) is 0 Å². The number of hydrogen-bond acceptors (Lipinski definition) is 5. The molecule has 2 fully saturated rings. The summed E-state index contributed by atoms with van der Waals surface area (Å²) in [5.41, 5.74) is 1.03. The van der Waals surface area contributed by atoms with Crippen molar-refractivity contribution in [3.05, 3.63) is 24.3 Å². The van der Waals surface area contributed by atoms with Gasteiger partial charge in [-0.2, -0.15) is 0 Å². The summed E-state index contributed by atoms with van der Waals surface area (Å²) in [6.45, 7) is 2.88. The molecule has 5 heteroatoms. The van der Waals surface area contributed by atoms with Crippen molar-refractivity contribution in [2.45, 2.75) is 37.4 Å². The van der Waals surface area contributed by atoms with E-state index in [1.165, 1.54) is 4.70 Å². The molecular weight excluding hydrogens is 296 g/mol. The number of methoxy groups -OCH3 is 1. The van der Waals surface area contributed by atoms with Gasteiger partial charge in [0.1, 0.15) is 0 Å². The third-order valence-electron chi connectivity index (χ3n) is 5.03. The molecule has 0 saturated carbocycles. The van der Waals surface area contributed by atoms with Crippen molar-refractivity contribution in [1.29, 1.82) is 0 Å². The van der Waals surface area contributed by atoms with Gasteiger partial charge in [0.15, 0.2) is 5.13 Å². The third-order valence-corrected chi connectivity index (χ3v) is 6.13. The molecule has 0 aliphatic carbocycles. The minimum atomic E-state index is -0.0693. The van der Waals surface area contributed by atoms with Crippen LogP contribution in [0.5, 0.6) is 0 Å². The van der Waals surface area contributed by atoms with Crippen LogP contribution >= 0.6 is 11.3 Å². The first-order valence-corrected chi connectivity index (χ1v) is 8.90. The van der Waals surface area contributed by atoms with E-state index in [0.29, 0.717) is 0 Å². The first-order chi connectivity index (χ1) is 10.8. The molecule has 0 bridgehead atoms. The van der Waals surface area contributed by atoms with Crippen molar-refractivity contribution in [2.24, 2.45) is 0 Å². The Morgan fingerprint density at radius 2 is 2.14 bits per heavy atom. The predicted molar refractivity (Wildman–Crippen MR) is 89.8 cm³/mol. The zero-order valence-corrected chi connectivity index (χ0v) is 13.8. The summed E-state index contributed by atoms with van der Waals surface area (Å²) in [6.07, 6.45) is 4.54. The van der Waals surface area contributed by atoms with Crippen LogP contribution in [-0.4, -0.2) is 43.5 Å². The van der Waals surface area contributed by atoms with Gasteiger partial charge < -0.3 is 14.4 Å². The molecule has 2 aliphatic rings. The van der Waals surface area contributed by atoms with E-state index in [1.807, 2.05) is 7.11 Å². The molecule has 22 heavy (non-hydrogen) atoms. The smallest absolute Gasteiger partial charge is 0.186 e. The van der Waals surface area contributed by atoms with Crippen molar-refractivity contribution in [3.8, 4) is 0 Å². The van der Waals surface area contributed by atoms with Crippen LogP contribution in [0.2, 0.25) is 0 Å². The fraction of sp³-hybridized carbons (Fsp3) is 0.588. The first-order valence-electron chi connectivity index (χ1n) is 8.08. The molecule has 118 valence electrons. The van der Waals surface area contributed by atoms with Crippen LogP contribution < -0.4 is 4.90 Å². The Bertz CT molecular complexity index is 616. The van der Waals surface area contributed by atoms with Gasteiger partial charge in [-0.1, -0.05) is 23.5 Å². The lowest BCUT2D eigenvalue weighted by molar-refractivity contribution is -0.175. The molecule has 0 radical (unpaired) electrons. The number of anilines is 1. The number of piperidine rings is 1. The Morgan fingerprint density at radius 1 is 1.32 bits per heavy atom. The molecule has 1 spiro atoms. The zero-order chi connectivity index (χ0) is 15.0. The van der Waals surface area contributed by atoms with Crippen LogP contribution in [0, 0.1) is 0 Å². The molecule has 2 aromatic rings. The largest absolute Gasteiger partial charge is 0.378 e. The van der Waals surface area contributed by atoms with Crippen LogP contribution in [-0.2, 0) is 9.47 Å². The van der Waals surface area contributed by atoms with Crippen LogP contribution in [0.25, 0.3) is 10.2 Å². The van der Waals surface area contributed by atoms with Crippen molar-refractivity contribution in [1.82, 2.24) is 4.98 Å². The standard InChI is InChI=1S/C17H22N2O2S/c1-20-15-7-4-12-21-17(15)8-10-19(11-9-17)16-18-13-5-2-3-6-14(13)22-16/h2-3,5-6,15H,4,7-12H2,1H3/t15-/m0/s1. The summed E-state index contributed by atoms with van der Waals surface area (Å²) in [5.74, 6) is 0. The Morgan fingerprint density at radius 3 is 2.91 bits per heavy atom. The van der Waals surface area contributed by atoms with Gasteiger partial charge in [0.2, 0.25) is 0 Å². The Kier molecular flexibility index (Phi) is 3.80. The zero-order valence-electron chi connectivity index (χ0n) is 13.0. The van der Waals surface area contributed by atoms with Crippen LogP contribution in [0.4, 0.5) is 5.13 Å². The minimum absolute atomic E-state index is 0.0693. The number of thiazole rings is 1. The molecule has 1 aromatic carbocycles. The number of rotatable bonds is 2. The van der Waals surface area contributed by atoms with Gasteiger partial charge in [0, 0.05) is 26.8 Å². The molecule has 2 aliphatic heterocycles. The number of fused-ring (bicyclic) bond motifs is 1. The van der Waals surface area contributed by atoms with Gasteiger partial charge in [-0.3, -0.25) is 0 Å². The van der Waals surface area contributed by atoms with Gasteiger partial charge in [-0.25, -0.2) is 4.98 Å². The van der Waals surface area contributed by atoms with Gasteiger partial charge >= 0.3 is 0 Å². The van der Waals surface area contributed by atoms with E-state index in [9.17, 15) is 0 Å². The second-order valence-corrected chi connectivity index (χ2v) is 7.24. The molecule has 0 N–H and O–H groups in total. The minimum Gasteiger partial charge on any atom is -0.378 e. The average molecular weight is 318 g/mol. The molecule has 0 amide bonds. The second kappa shape index (κ2) is 5.80. The summed E-state index contributed by atoms with van der Waals surface area (Å²) in [7, 11) is 1.82. The van der Waals surface area contributed by atoms with E-state index in [0.717, 1.165) is 56.0 Å². The van der Waals surface area contributed by atoms with E-state index in [4.69, 9.17) is 14.5 Å². The number of benzene rings is 1. The maximum absolute atomic E-state index is 6.18. The van der Waals surface area contributed by atoms with Gasteiger partial charge in [0.25, 0.3) is 0 Å². The summed E-state index contributed by atoms with van der Waals surface area (Å²) in [5, 5.41) is 1.14. The predicted octanol–water partition coefficient (Wildman–Crippen LogP) is 3.46. The quantitative estimate of drug-likeness (QED) is 0.849. The molecule has 1 aromatic heterocycles. The van der Waals surface area contributed by atoms with E-state index in [1.54, 1.807) is 11.3 Å². The molecule has 1 atom stereocenters. The monoisotopic (exact) mass is 318 g/mol. The number of hydrogen-bond donors (Lipinski definition) is 0. The molecule has 4 nitrogen and oxygen atoms in total. The highest BCUT2D eigenvalue weighted by Gasteiger charge is 2.45. The summed E-state index contributed by atoms with van der Waals surface area (Å²) in [6, 6.07) is 8.36. The SMILES string of the molecule is CO[C@H]1CCCOC12CCN(c1nc3ccccc3s1)CC2. The summed E-state index contributed by atoms with van der Waals surface area (Å²) in [4.78, 5) is 7.18. The van der Waals surface area contributed by atoms with Crippen LogP contribution in [0.1, 0.15) is 25.7 Å². The van der Waals surface area contributed by atoms with Crippen LogP contribution in [0.3, 0.4) is 0 Å². The summed E-state index contributed by atoms with van der Waals surface area (Å²) >= 11 is 1.79. The number of nitrogens with zero attached hydrogens (tertiary/aromatic N) is 2. The second-order valence-electron chi connectivity index (χ2n) is 6.23. The Balaban J connectivity index is 1.51. The van der Waals surface area contributed by atoms with Crippen molar-refractivity contribution >= 4 is 26.7 Å². The molecular formula is C17H22N2O2S. The van der Waals surface area contributed by atoms with Crippen molar-refractivity contribution < 1.29 is 9.47 Å². The summed E-state index contributed by atoms with van der Waals surface area (Å²) < 4.78 is 13.2. The number of aromatic nitrogens is 1. The molecule has 0 unspecified atom stereocenters. The van der Waals surface area contributed by atoms with Gasteiger partial charge in [-0.15, -0.1) is 0 Å². The Hall–Kier alpha value is -1.17. The maximum atomic E-state index is 6.18. The van der Waals surface area contributed by atoms with E-state index < -0.39 is 0 Å². The van der Waals surface area contributed by atoms with Crippen molar-refractivity contribution in [2.75, 3.05) is 31.7 Å². The van der Waals surface area contributed by atoms with E-state index in [2.05, 4.69) is 29.2 Å². The highest BCUT2D eigenvalue weighted by Crippen LogP contribution is 2.39. The highest BCUT2D eigenvalue weighted by molar-refractivity contribution is 7.22. The third kappa shape index (κ3) is 2.41. The lowest BCUT2D eigenvalue weighted by Crippen LogP contribution is -2.56. The van der Waals surface area contributed by atoms with E-state index in [-0.39, 0.29) is 11.7 Å². The number of ether oxygens (including phenoxy) is 2. The lowest BCUT2D eigenvalue weighted by atomic mass is 9.82. The topological polar surface area (TPSA) is 34.6 Å². The van der Waals surface area contributed by atoms with E-state index >= 15 is 0 Å². The Labute approximate surface area is 135 Å². The fourth-order valence-electron chi connectivity index (χ4n) is 3.77. The van der Waals surface area contributed by atoms with Crippen LogP contribution in [0.15, 0.2) is 24.3 Å². The average Bonchev–Trinajstić information content (AvgIpc) is 3.00. The first kappa shape index (κ1) is 14.4. The molecule has 2 saturated heterocycles. The normalized spacial score (nSPS) is 25.0.